The van der Waals surface area contributed by atoms with Crippen molar-refractivity contribution in [2.45, 2.75) is 25.8 Å². The molecule has 0 atom stereocenters. The molecular weight excluding hydrogens is 414 g/mol. The Kier molecular flexibility index (Phi) is 7.32. The van der Waals surface area contributed by atoms with Crippen molar-refractivity contribution in [2.24, 2.45) is 0 Å². The van der Waals surface area contributed by atoms with E-state index in [1.165, 1.54) is 0 Å². The summed E-state index contributed by atoms with van der Waals surface area (Å²) in [6.45, 7) is 5.93. The first-order valence-corrected chi connectivity index (χ1v) is 10.4. The van der Waals surface area contributed by atoms with Gasteiger partial charge in [-0.05, 0) is 49.6 Å². The van der Waals surface area contributed by atoms with Crippen molar-refractivity contribution >= 4 is 23.5 Å². The first kappa shape index (κ1) is 23.1. The second-order valence-electron chi connectivity index (χ2n) is 7.84. The summed E-state index contributed by atoms with van der Waals surface area (Å²) in [6, 6.07) is 9.81. The molecule has 1 aromatic carbocycles. The van der Waals surface area contributed by atoms with Crippen LogP contribution in [0.4, 0.5) is 5.69 Å². The molecule has 1 amide bonds. The van der Waals surface area contributed by atoms with E-state index in [0.717, 1.165) is 50.1 Å². The summed E-state index contributed by atoms with van der Waals surface area (Å²) in [5, 5.41) is 15.6. The van der Waals surface area contributed by atoms with Gasteiger partial charge in [-0.3, -0.25) is 4.79 Å². The molecule has 4 N–H and O–H groups in total. The Morgan fingerprint density at radius 3 is 2.25 bits per heavy atom. The molecule has 170 valence electrons. The van der Waals surface area contributed by atoms with Gasteiger partial charge in [0.15, 0.2) is 5.76 Å². The number of carbonyl (C=O) groups is 3. The Hall–Kier alpha value is -3.59. The van der Waals surface area contributed by atoms with Gasteiger partial charge in [0.1, 0.15) is 5.76 Å². The molecule has 32 heavy (non-hydrogen) atoms. The van der Waals surface area contributed by atoms with Crippen LogP contribution in [0.3, 0.4) is 0 Å². The summed E-state index contributed by atoms with van der Waals surface area (Å²) in [5.41, 5.74) is 8.70. The van der Waals surface area contributed by atoms with Crippen LogP contribution in [0.2, 0.25) is 0 Å². The predicted molar refractivity (Wildman–Crippen MR) is 118 cm³/mol. The van der Waals surface area contributed by atoms with E-state index in [1.807, 2.05) is 36.1 Å². The number of anilines is 1. The molecule has 2 aromatic rings. The standard InChI is InChI=1S/C19H23N3O2.C4H4O4/c1-13-2-3-15(16(20)12-13)17-4-5-18(24-17)19(23)22-11-10-21-8-6-14(22)7-9-21;5-3(6)1-2-4(7)8/h2-5,12,14H,6-11,20H2,1H3;1-2H,(H,5,6)(H,7,8)/b;2-1+. The highest BCUT2D eigenvalue weighted by molar-refractivity contribution is 5.93. The van der Waals surface area contributed by atoms with Crippen LogP contribution in [0.1, 0.15) is 29.0 Å². The quantitative estimate of drug-likeness (QED) is 0.486. The molecule has 5 rings (SSSR count). The number of furan rings is 1. The van der Waals surface area contributed by atoms with Crippen molar-refractivity contribution in [3.05, 3.63) is 53.8 Å². The van der Waals surface area contributed by atoms with Gasteiger partial charge in [0.2, 0.25) is 0 Å². The molecule has 0 unspecified atom stereocenters. The molecule has 1 aromatic heterocycles. The highest BCUT2D eigenvalue weighted by Gasteiger charge is 2.33. The number of amides is 1. The number of carboxylic acids is 2. The van der Waals surface area contributed by atoms with Gasteiger partial charge in [0.05, 0.1) is 0 Å². The molecule has 3 aliphatic heterocycles. The van der Waals surface area contributed by atoms with Crippen molar-refractivity contribution in [3.8, 4) is 11.3 Å². The molecule has 3 fully saturated rings. The van der Waals surface area contributed by atoms with Gasteiger partial charge in [-0.2, -0.15) is 0 Å². The fourth-order valence-corrected chi connectivity index (χ4v) is 3.94. The minimum Gasteiger partial charge on any atom is -0.478 e. The van der Waals surface area contributed by atoms with Gasteiger partial charge in [-0.15, -0.1) is 0 Å². The SMILES string of the molecule is Cc1ccc(-c2ccc(C(=O)N3CCN4CCC3CC4)o2)c(N)c1.O=C(O)/C=C/C(=O)O. The Bertz CT molecular complexity index is 1000. The normalized spacial score (nSPS) is 19.8. The first-order chi connectivity index (χ1) is 15.2. The van der Waals surface area contributed by atoms with Crippen LogP contribution >= 0.6 is 0 Å². The van der Waals surface area contributed by atoms with E-state index in [1.54, 1.807) is 6.07 Å². The third-order valence-corrected chi connectivity index (χ3v) is 5.57. The van der Waals surface area contributed by atoms with Crippen LogP contribution < -0.4 is 5.73 Å². The van der Waals surface area contributed by atoms with Crippen LogP contribution in [-0.4, -0.2) is 70.1 Å². The average molecular weight is 441 g/mol. The number of nitrogens with zero attached hydrogens (tertiary/aromatic N) is 2. The number of nitrogen functional groups attached to an aromatic ring is 1. The number of carbonyl (C=O) groups excluding carboxylic acids is 1. The Balaban J connectivity index is 0.000000312. The predicted octanol–water partition coefficient (Wildman–Crippen LogP) is 2.47. The molecule has 0 saturated carbocycles. The zero-order chi connectivity index (χ0) is 23.3. The third-order valence-electron chi connectivity index (χ3n) is 5.57. The third kappa shape index (κ3) is 5.76. The van der Waals surface area contributed by atoms with E-state index in [0.29, 0.717) is 35.4 Å². The molecule has 0 radical (unpaired) electrons. The van der Waals surface area contributed by atoms with Crippen LogP contribution in [0.5, 0.6) is 0 Å². The number of benzene rings is 1. The number of rotatable bonds is 4. The van der Waals surface area contributed by atoms with Crippen molar-refractivity contribution in [2.75, 3.05) is 31.9 Å². The van der Waals surface area contributed by atoms with E-state index < -0.39 is 11.9 Å². The van der Waals surface area contributed by atoms with E-state index in [4.69, 9.17) is 20.4 Å². The van der Waals surface area contributed by atoms with Crippen LogP contribution in [-0.2, 0) is 9.59 Å². The lowest BCUT2D eigenvalue weighted by Crippen LogP contribution is -2.41. The zero-order valence-corrected chi connectivity index (χ0v) is 17.9. The van der Waals surface area contributed by atoms with Gasteiger partial charge < -0.3 is 30.2 Å². The Labute approximate surface area is 185 Å². The lowest BCUT2D eigenvalue weighted by atomic mass is 10.1. The van der Waals surface area contributed by atoms with Gasteiger partial charge in [-0.25, -0.2) is 9.59 Å². The monoisotopic (exact) mass is 441 g/mol. The first-order valence-electron chi connectivity index (χ1n) is 10.4. The minimum atomic E-state index is -1.26. The van der Waals surface area contributed by atoms with Crippen molar-refractivity contribution < 1.29 is 29.0 Å². The molecular formula is C23H27N3O6. The van der Waals surface area contributed by atoms with Crippen LogP contribution in [0.15, 0.2) is 46.9 Å². The van der Waals surface area contributed by atoms with E-state index in [2.05, 4.69) is 4.90 Å². The van der Waals surface area contributed by atoms with E-state index in [-0.39, 0.29) is 5.91 Å². The summed E-state index contributed by atoms with van der Waals surface area (Å²) >= 11 is 0. The molecule has 2 bridgehead atoms. The summed E-state index contributed by atoms with van der Waals surface area (Å²) < 4.78 is 5.87. The van der Waals surface area contributed by atoms with Gasteiger partial charge in [0, 0.05) is 55.6 Å². The second-order valence-corrected chi connectivity index (χ2v) is 7.84. The van der Waals surface area contributed by atoms with Crippen molar-refractivity contribution in [3.63, 3.8) is 0 Å². The summed E-state index contributed by atoms with van der Waals surface area (Å²) in [4.78, 5) is 36.4. The van der Waals surface area contributed by atoms with Crippen LogP contribution in [0, 0.1) is 6.92 Å². The summed E-state index contributed by atoms with van der Waals surface area (Å²) in [5.74, 6) is -1.45. The molecule has 0 aliphatic carbocycles. The smallest absolute Gasteiger partial charge is 0.328 e. The fourth-order valence-electron chi connectivity index (χ4n) is 3.94. The molecule has 9 heteroatoms. The maximum atomic E-state index is 12.9. The number of aryl methyl sites for hydroxylation is 1. The number of fused-ring (bicyclic) bond motifs is 4. The zero-order valence-electron chi connectivity index (χ0n) is 17.9. The Morgan fingerprint density at radius 1 is 1.00 bits per heavy atom. The Morgan fingerprint density at radius 2 is 1.66 bits per heavy atom. The minimum absolute atomic E-state index is 0.000633. The second kappa shape index (κ2) is 10.1. The number of nitrogens with two attached hydrogens (primary N) is 1. The highest BCUT2D eigenvalue weighted by atomic mass is 16.4. The fraction of sp³-hybridized carbons (Fsp3) is 0.348. The van der Waals surface area contributed by atoms with Gasteiger partial charge in [0.25, 0.3) is 5.91 Å². The number of hydrogen-bond acceptors (Lipinski definition) is 6. The topological polar surface area (TPSA) is 137 Å². The van der Waals surface area contributed by atoms with Crippen LogP contribution in [0.25, 0.3) is 11.3 Å². The average Bonchev–Trinajstić information content (AvgIpc) is 3.04. The number of aliphatic carboxylic acids is 2. The molecule has 0 spiro atoms. The maximum Gasteiger partial charge on any atom is 0.328 e. The molecule has 3 aliphatic rings. The van der Waals surface area contributed by atoms with Crippen molar-refractivity contribution in [1.29, 1.82) is 0 Å². The molecule has 4 heterocycles. The molecule has 9 nitrogen and oxygen atoms in total. The van der Waals surface area contributed by atoms with E-state index >= 15 is 0 Å². The molecule has 3 saturated heterocycles. The number of hydrogen-bond donors (Lipinski definition) is 3. The summed E-state index contributed by atoms with van der Waals surface area (Å²) in [7, 11) is 0. The lowest BCUT2D eigenvalue weighted by Gasteiger charge is -2.30. The highest BCUT2D eigenvalue weighted by Crippen LogP contribution is 2.30. The maximum absolute atomic E-state index is 12.9. The largest absolute Gasteiger partial charge is 0.478 e. The number of carboxylic acid groups (broad SMARTS) is 2. The van der Waals surface area contributed by atoms with Crippen molar-refractivity contribution in [1.82, 2.24) is 9.80 Å². The summed E-state index contributed by atoms with van der Waals surface area (Å²) in [6.07, 6.45) is 3.24. The van der Waals surface area contributed by atoms with Gasteiger partial charge in [-0.1, -0.05) is 6.07 Å². The number of piperidine rings is 1. The van der Waals surface area contributed by atoms with E-state index in [9.17, 15) is 14.4 Å². The lowest BCUT2D eigenvalue weighted by molar-refractivity contribution is -0.134. The van der Waals surface area contributed by atoms with Gasteiger partial charge >= 0.3 is 11.9 Å².